The average Bonchev–Trinajstić information content (AvgIpc) is 2.47. The number of amides is 1. The van der Waals surface area contributed by atoms with Gasteiger partial charge in [0, 0.05) is 19.6 Å². The van der Waals surface area contributed by atoms with Gasteiger partial charge in [-0.15, -0.1) is 0 Å². The summed E-state index contributed by atoms with van der Waals surface area (Å²) in [5.74, 6) is -0.400. The number of aliphatic hydroxyl groups is 2. The van der Waals surface area contributed by atoms with Crippen molar-refractivity contribution in [3.8, 4) is 0 Å². The van der Waals surface area contributed by atoms with Crippen LogP contribution in [0.25, 0.3) is 0 Å². The molecule has 1 aromatic rings. The number of benzene rings is 1. The molecule has 1 fully saturated rings. The highest BCUT2D eigenvalue weighted by molar-refractivity contribution is 5.78. The van der Waals surface area contributed by atoms with Gasteiger partial charge in [0.05, 0.1) is 18.8 Å². The predicted octanol–water partition coefficient (Wildman–Crippen LogP) is 0.774. The Hall–Kier alpha value is -1.50. The third-order valence-electron chi connectivity index (χ3n) is 3.94. The quantitative estimate of drug-likeness (QED) is 0.843. The lowest BCUT2D eigenvalue weighted by Gasteiger charge is -2.31. The first-order valence-corrected chi connectivity index (χ1v) is 7.53. The van der Waals surface area contributed by atoms with E-state index in [1.807, 2.05) is 0 Å². The molecular formula is C16H23FN2O3. The van der Waals surface area contributed by atoms with Crippen molar-refractivity contribution in [1.29, 1.82) is 0 Å². The molecule has 1 aliphatic heterocycles. The summed E-state index contributed by atoms with van der Waals surface area (Å²) in [5.41, 5.74) is 0.500. The molecule has 2 rings (SSSR count). The fraction of sp³-hybridized carbons (Fsp3) is 0.562. The number of likely N-dealkylation sites (N-methyl/N-ethyl adjacent to an activating group) is 1. The highest BCUT2D eigenvalue weighted by Crippen LogP contribution is 2.15. The second-order valence-electron chi connectivity index (χ2n) is 5.88. The van der Waals surface area contributed by atoms with Crippen LogP contribution in [-0.2, 0) is 4.79 Å². The van der Waals surface area contributed by atoms with Crippen molar-refractivity contribution in [2.75, 3.05) is 33.2 Å². The number of aliphatic hydroxyl groups excluding tert-OH is 2. The van der Waals surface area contributed by atoms with Gasteiger partial charge in [0.15, 0.2) is 0 Å². The van der Waals surface area contributed by atoms with Crippen molar-refractivity contribution < 1.29 is 19.4 Å². The Labute approximate surface area is 130 Å². The Kier molecular flexibility index (Phi) is 5.88. The van der Waals surface area contributed by atoms with Gasteiger partial charge in [-0.2, -0.15) is 0 Å². The van der Waals surface area contributed by atoms with E-state index in [0.29, 0.717) is 31.5 Å². The van der Waals surface area contributed by atoms with Gasteiger partial charge in [0.1, 0.15) is 5.82 Å². The molecule has 122 valence electrons. The fourth-order valence-electron chi connectivity index (χ4n) is 2.63. The third-order valence-corrected chi connectivity index (χ3v) is 3.94. The van der Waals surface area contributed by atoms with E-state index in [1.165, 1.54) is 12.1 Å². The van der Waals surface area contributed by atoms with Gasteiger partial charge in [0.25, 0.3) is 0 Å². The number of rotatable bonds is 5. The van der Waals surface area contributed by atoms with Gasteiger partial charge < -0.3 is 15.1 Å². The van der Waals surface area contributed by atoms with E-state index in [1.54, 1.807) is 29.0 Å². The molecule has 1 unspecified atom stereocenters. The second kappa shape index (κ2) is 7.67. The first-order chi connectivity index (χ1) is 10.5. The number of halogens is 1. The Morgan fingerprint density at radius 1 is 1.45 bits per heavy atom. The van der Waals surface area contributed by atoms with Crippen LogP contribution in [0.4, 0.5) is 4.39 Å². The number of hydrogen-bond donors (Lipinski definition) is 2. The normalized spacial score (nSPS) is 17.8. The summed E-state index contributed by atoms with van der Waals surface area (Å²) in [6, 6.07) is 5.84. The molecule has 6 heteroatoms. The van der Waals surface area contributed by atoms with Crippen LogP contribution in [0, 0.1) is 5.82 Å². The highest BCUT2D eigenvalue weighted by atomic mass is 19.1. The molecular weight excluding hydrogens is 287 g/mol. The first kappa shape index (κ1) is 16.9. The van der Waals surface area contributed by atoms with E-state index in [9.17, 15) is 19.4 Å². The lowest BCUT2D eigenvalue weighted by atomic mass is 10.1. The van der Waals surface area contributed by atoms with Gasteiger partial charge >= 0.3 is 0 Å². The van der Waals surface area contributed by atoms with Crippen LogP contribution >= 0.6 is 0 Å². The van der Waals surface area contributed by atoms with Crippen LogP contribution in [0.5, 0.6) is 0 Å². The summed E-state index contributed by atoms with van der Waals surface area (Å²) in [6.07, 6.45) is 0.0798. The summed E-state index contributed by atoms with van der Waals surface area (Å²) >= 11 is 0. The fourth-order valence-corrected chi connectivity index (χ4v) is 2.63. The standard InChI is InChI=1S/C16H23FN2O3/c1-18(10-15(21)12-3-2-4-13(17)9-12)11-16(22)19-7-5-14(20)6-8-19/h2-4,9,14-15,20-21H,5-8,10-11H2,1H3. The SMILES string of the molecule is CN(CC(=O)N1CCC(O)CC1)CC(O)c1cccc(F)c1. The van der Waals surface area contributed by atoms with E-state index in [4.69, 9.17) is 0 Å². The molecule has 0 radical (unpaired) electrons. The molecule has 2 N–H and O–H groups in total. The zero-order chi connectivity index (χ0) is 16.1. The van der Waals surface area contributed by atoms with Crippen molar-refractivity contribution in [3.63, 3.8) is 0 Å². The van der Waals surface area contributed by atoms with Gasteiger partial charge in [-0.05, 0) is 37.6 Å². The lowest BCUT2D eigenvalue weighted by Crippen LogP contribution is -2.45. The van der Waals surface area contributed by atoms with Crippen LogP contribution in [0.2, 0.25) is 0 Å². The van der Waals surface area contributed by atoms with Crippen LogP contribution in [0.1, 0.15) is 24.5 Å². The Bertz CT molecular complexity index is 504. The summed E-state index contributed by atoms with van der Waals surface area (Å²) in [4.78, 5) is 15.6. The maximum absolute atomic E-state index is 13.1. The van der Waals surface area contributed by atoms with E-state index in [0.717, 1.165) is 0 Å². The van der Waals surface area contributed by atoms with Crippen molar-refractivity contribution in [2.24, 2.45) is 0 Å². The van der Waals surface area contributed by atoms with Crippen molar-refractivity contribution in [3.05, 3.63) is 35.6 Å². The van der Waals surface area contributed by atoms with Crippen LogP contribution in [0.3, 0.4) is 0 Å². The Morgan fingerprint density at radius 2 is 2.14 bits per heavy atom. The van der Waals surface area contributed by atoms with Crippen molar-refractivity contribution in [2.45, 2.75) is 25.0 Å². The maximum atomic E-state index is 13.1. The van der Waals surface area contributed by atoms with Crippen LogP contribution < -0.4 is 0 Å². The predicted molar refractivity (Wildman–Crippen MR) is 80.7 cm³/mol. The highest BCUT2D eigenvalue weighted by Gasteiger charge is 2.22. The average molecular weight is 310 g/mol. The summed E-state index contributed by atoms with van der Waals surface area (Å²) in [7, 11) is 1.75. The van der Waals surface area contributed by atoms with Crippen molar-refractivity contribution in [1.82, 2.24) is 9.80 Å². The summed E-state index contributed by atoms with van der Waals surface area (Å²) < 4.78 is 13.1. The second-order valence-corrected chi connectivity index (χ2v) is 5.88. The lowest BCUT2D eigenvalue weighted by molar-refractivity contribution is -0.134. The molecule has 1 saturated heterocycles. The Balaban J connectivity index is 1.82. The van der Waals surface area contributed by atoms with Crippen LogP contribution in [-0.4, -0.2) is 65.3 Å². The Morgan fingerprint density at radius 3 is 2.77 bits per heavy atom. The summed E-state index contributed by atoms with van der Waals surface area (Å²) in [6.45, 7) is 1.59. The number of nitrogens with zero attached hydrogens (tertiary/aromatic N) is 2. The van der Waals surface area contributed by atoms with Crippen LogP contribution in [0.15, 0.2) is 24.3 Å². The molecule has 0 saturated carbocycles. The van der Waals surface area contributed by atoms with E-state index in [-0.39, 0.29) is 30.9 Å². The molecule has 0 spiro atoms. The molecule has 1 atom stereocenters. The minimum Gasteiger partial charge on any atom is -0.393 e. The molecule has 0 aliphatic carbocycles. The zero-order valence-corrected chi connectivity index (χ0v) is 12.8. The minimum absolute atomic E-state index is 0.0131. The monoisotopic (exact) mass is 310 g/mol. The van der Waals surface area contributed by atoms with E-state index >= 15 is 0 Å². The smallest absolute Gasteiger partial charge is 0.236 e. The van der Waals surface area contributed by atoms with Gasteiger partial charge in [-0.25, -0.2) is 4.39 Å². The van der Waals surface area contributed by atoms with Crippen molar-refractivity contribution >= 4 is 5.91 Å². The minimum atomic E-state index is -0.836. The number of carbonyl (C=O) groups is 1. The zero-order valence-electron chi connectivity index (χ0n) is 12.8. The maximum Gasteiger partial charge on any atom is 0.236 e. The number of carbonyl (C=O) groups excluding carboxylic acids is 1. The van der Waals surface area contributed by atoms with Gasteiger partial charge in [0.2, 0.25) is 5.91 Å². The topological polar surface area (TPSA) is 64.0 Å². The molecule has 1 amide bonds. The number of hydrogen-bond acceptors (Lipinski definition) is 4. The summed E-state index contributed by atoms with van der Waals surface area (Å²) in [5, 5.41) is 19.6. The molecule has 22 heavy (non-hydrogen) atoms. The number of piperidine rings is 1. The van der Waals surface area contributed by atoms with E-state index in [2.05, 4.69) is 0 Å². The third kappa shape index (κ3) is 4.76. The molecule has 0 aromatic heterocycles. The van der Waals surface area contributed by atoms with Gasteiger partial charge in [-0.3, -0.25) is 9.69 Å². The number of likely N-dealkylation sites (tertiary alicyclic amines) is 1. The molecule has 5 nitrogen and oxygen atoms in total. The molecule has 1 heterocycles. The van der Waals surface area contributed by atoms with Gasteiger partial charge in [-0.1, -0.05) is 12.1 Å². The molecule has 1 aliphatic rings. The van der Waals surface area contributed by atoms with E-state index < -0.39 is 6.10 Å². The largest absolute Gasteiger partial charge is 0.393 e. The molecule has 0 bridgehead atoms. The molecule has 1 aromatic carbocycles. The first-order valence-electron chi connectivity index (χ1n) is 7.53.